The molecule has 1 nitrogen and oxygen atoms in total. The molecule has 0 amide bonds. The maximum atomic E-state index is 10.2. The van der Waals surface area contributed by atoms with Gasteiger partial charge < -0.3 is 0 Å². The van der Waals surface area contributed by atoms with Crippen LogP contribution in [0.4, 0.5) is 0 Å². The quantitative estimate of drug-likeness (QED) is 0.394. The minimum Gasteiger partial charge on any atom is -0.298 e. The average Bonchev–Trinajstić information content (AvgIpc) is 1.62. The van der Waals surface area contributed by atoms with Crippen molar-refractivity contribution in [2.24, 2.45) is 0 Å². The summed E-state index contributed by atoms with van der Waals surface area (Å²) in [6.45, 7) is 8.27. The Hall–Kier alpha value is 0.100. The molecule has 0 saturated heterocycles. The minimum absolute atomic E-state index is 0.205. The third-order valence-electron chi connectivity index (χ3n) is 1.22. The number of hydrogen-bond donors (Lipinski definition) is 0. The van der Waals surface area contributed by atoms with E-state index in [9.17, 15) is 4.79 Å². The van der Waals surface area contributed by atoms with Crippen LogP contribution in [0.1, 0.15) is 20.8 Å². The Bertz CT molecular complexity index is 83.0. The van der Waals surface area contributed by atoms with E-state index in [-0.39, 0.29) is 5.16 Å². The second-order valence-electron chi connectivity index (χ2n) is 2.89. The van der Waals surface area contributed by atoms with E-state index in [2.05, 4.69) is 20.8 Å². The van der Waals surface area contributed by atoms with Gasteiger partial charge in [0.05, 0.1) is 0 Å². The van der Waals surface area contributed by atoms with E-state index in [0.717, 1.165) is 6.03 Å². The van der Waals surface area contributed by atoms with Gasteiger partial charge in [-0.15, -0.1) is 0 Å². The third kappa shape index (κ3) is 2.42. The van der Waals surface area contributed by atoms with Crippen LogP contribution in [0.15, 0.2) is 0 Å². The molecule has 0 rings (SSSR count). The van der Waals surface area contributed by atoms with Gasteiger partial charge in [-0.3, -0.25) is 4.79 Å². The van der Waals surface area contributed by atoms with Crippen molar-refractivity contribution < 1.29 is 4.79 Å². The zero-order chi connectivity index (χ0) is 6.78. The Morgan fingerprint density at radius 2 is 1.75 bits per heavy atom. The summed E-state index contributed by atoms with van der Waals surface area (Å²) in [6, 6.07) is 1.06. The van der Waals surface area contributed by atoms with Crippen LogP contribution >= 0.6 is 7.92 Å². The molecule has 0 aromatic heterocycles. The van der Waals surface area contributed by atoms with Gasteiger partial charge in [0, 0.05) is 0 Å². The number of carbonyl (C=O) groups excluding carboxylic acids is 1. The summed E-state index contributed by atoms with van der Waals surface area (Å²) in [6.07, 6.45) is 0. The fourth-order valence-corrected chi connectivity index (χ4v) is 0.474. The van der Waals surface area contributed by atoms with Gasteiger partial charge in [0.25, 0.3) is 0 Å². The normalized spacial score (nSPS) is 15.5. The largest absolute Gasteiger partial charge is 0.298 e. The van der Waals surface area contributed by atoms with Crippen LogP contribution in [-0.4, -0.2) is 17.8 Å². The first-order valence-corrected chi connectivity index (χ1v) is 4.52. The lowest BCUT2D eigenvalue weighted by Gasteiger charge is -2.21. The summed E-state index contributed by atoms with van der Waals surface area (Å²) in [7, 11) is -0.400. The molecule has 0 radical (unpaired) electrons. The molecule has 0 aliphatic heterocycles. The lowest BCUT2D eigenvalue weighted by atomic mass is 10.3. The maximum Gasteiger partial charge on any atom is 0.142 e. The Morgan fingerprint density at radius 3 is 1.75 bits per heavy atom. The molecule has 0 bridgehead atoms. The summed E-state index contributed by atoms with van der Waals surface area (Å²) in [4.78, 5) is 10.2. The molecule has 0 aromatic rings. The number of hydrogen-bond acceptors (Lipinski definition) is 1. The predicted octanol–water partition coefficient (Wildman–Crippen LogP) is 2.09. The van der Waals surface area contributed by atoms with Crippen molar-refractivity contribution in [3.8, 4) is 0 Å². The first-order valence-electron chi connectivity index (χ1n) is 2.66. The van der Waals surface area contributed by atoms with Crippen molar-refractivity contribution in [3.05, 3.63) is 0 Å². The zero-order valence-electron chi connectivity index (χ0n) is 5.93. The van der Waals surface area contributed by atoms with Crippen LogP contribution < -0.4 is 0 Å². The molecule has 0 aromatic carbocycles. The molecule has 48 valence electrons. The Kier molecular flexibility index (Phi) is 2.62. The SMILES string of the molecule is CP(C=O)C(C)(C)C. The number of carbonyl (C=O) groups is 1. The maximum absolute atomic E-state index is 10.2. The minimum atomic E-state index is -0.400. The molecule has 0 fully saturated rings. The van der Waals surface area contributed by atoms with Crippen LogP contribution in [0.2, 0.25) is 0 Å². The standard InChI is InChI=1S/C6H13OP/c1-6(2,3)8(4)5-7/h5H,1-4H3. The molecule has 0 N–H and O–H groups in total. The number of rotatable bonds is 1. The lowest BCUT2D eigenvalue weighted by molar-refractivity contribution is 0.568. The van der Waals surface area contributed by atoms with Gasteiger partial charge in [-0.05, 0) is 19.7 Å². The highest BCUT2D eigenvalue weighted by molar-refractivity contribution is 7.73. The summed E-state index contributed by atoms with van der Waals surface area (Å²) < 4.78 is 0. The highest BCUT2D eigenvalue weighted by atomic mass is 31.1. The van der Waals surface area contributed by atoms with E-state index in [1.807, 2.05) is 6.66 Å². The van der Waals surface area contributed by atoms with E-state index in [1.54, 1.807) is 0 Å². The van der Waals surface area contributed by atoms with Gasteiger partial charge in [0.15, 0.2) is 0 Å². The second-order valence-corrected chi connectivity index (χ2v) is 5.66. The van der Waals surface area contributed by atoms with Crippen LogP contribution in [0, 0.1) is 0 Å². The summed E-state index contributed by atoms with van der Waals surface area (Å²) in [5.41, 5.74) is 0. The summed E-state index contributed by atoms with van der Waals surface area (Å²) in [5.74, 6) is 0. The molecule has 0 saturated carbocycles. The van der Waals surface area contributed by atoms with E-state index in [0.29, 0.717) is 0 Å². The van der Waals surface area contributed by atoms with E-state index >= 15 is 0 Å². The monoisotopic (exact) mass is 132 g/mol. The van der Waals surface area contributed by atoms with Crippen LogP contribution in [0.25, 0.3) is 0 Å². The molecule has 1 unspecified atom stereocenters. The third-order valence-corrected chi connectivity index (χ3v) is 3.65. The molecule has 8 heavy (non-hydrogen) atoms. The van der Waals surface area contributed by atoms with Crippen molar-refractivity contribution in [1.29, 1.82) is 0 Å². The Labute approximate surface area is 52.2 Å². The fraction of sp³-hybridized carbons (Fsp3) is 0.833. The highest BCUT2D eigenvalue weighted by Gasteiger charge is 2.17. The molecule has 1 atom stereocenters. The van der Waals surface area contributed by atoms with Gasteiger partial charge in [0.1, 0.15) is 6.03 Å². The Morgan fingerprint density at radius 1 is 1.38 bits per heavy atom. The summed E-state index contributed by atoms with van der Waals surface area (Å²) >= 11 is 0. The average molecular weight is 132 g/mol. The first-order chi connectivity index (χ1) is 3.48. The van der Waals surface area contributed by atoms with Crippen molar-refractivity contribution >= 4 is 13.9 Å². The molecule has 0 spiro atoms. The van der Waals surface area contributed by atoms with E-state index in [1.165, 1.54) is 0 Å². The van der Waals surface area contributed by atoms with Gasteiger partial charge in [-0.2, -0.15) is 0 Å². The summed E-state index contributed by atoms with van der Waals surface area (Å²) in [5, 5.41) is 0.205. The molecule has 2 heteroatoms. The van der Waals surface area contributed by atoms with Gasteiger partial charge in [0.2, 0.25) is 0 Å². The highest BCUT2D eigenvalue weighted by Crippen LogP contribution is 2.42. The lowest BCUT2D eigenvalue weighted by Crippen LogP contribution is -2.10. The zero-order valence-corrected chi connectivity index (χ0v) is 6.83. The first kappa shape index (κ1) is 8.10. The van der Waals surface area contributed by atoms with Gasteiger partial charge in [-0.1, -0.05) is 20.8 Å². The van der Waals surface area contributed by atoms with E-state index < -0.39 is 7.92 Å². The second kappa shape index (κ2) is 2.59. The molecule has 0 aliphatic rings. The van der Waals surface area contributed by atoms with Crippen molar-refractivity contribution in [1.82, 2.24) is 0 Å². The topological polar surface area (TPSA) is 17.1 Å². The van der Waals surface area contributed by atoms with Gasteiger partial charge in [-0.25, -0.2) is 0 Å². The fourth-order valence-electron chi connectivity index (χ4n) is 0.158. The van der Waals surface area contributed by atoms with Crippen molar-refractivity contribution in [2.45, 2.75) is 25.9 Å². The molecular formula is C6H13OP. The van der Waals surface area contributed by atoms with Crippen LogP contribution in [-0.2, 0) is 4.79 Å². The molecule has 0 heterocycles. The van der Waals surface area contributed by atoms with Crippen molar-refractivity contribution in [2.75, 3.05) is 6.66 Å². The predicted molar refractivity (Wildman–Crippen MR) is 39.3 cm³/mol. The van der Waals surface area contributed by atoms with Crippen LogP contribution in [0.5, 0.6) is 0 Å². The molecule has 0 aliphatic carbocycles. The smallest absolute Gasteiger partial charge is 0.142 e. The van der Waals surface area contributed by atoms with Crippen molar-refractivity contribution in [3.63, 3.8) is 0 Å². The molecular weight excluding hydrogens is 119 g/mol. The van der Waals surface area contributed by atoms with Crippen LogP contribution in [0.3, 0.4) is 0 Å². The van der Waals surface area contributed by atoms with Gasteiger partial charge >= 0.3 is 0 Å². The Balaban J connectivity index is 3.80. The van der Waals surface area contributed by atoms with E-state index in [4.69, 9.17) is 0 Å².